The zero-order valence-electron chi connectivity index (χ0n) is 6.81. The van der Waals surface area contributed by atoms with Crippen molar-refractivity contribution in [2.75, 3.05) is 4.43 Å². The highest BCUT2D eigenvalue weighted by atomic mass is 127. The van der Waals surface area contributed by atoms with E-state index in [1.165, 1.54) is 22.0 Å². The Bertz CT molecular complexity index is 218. The average molecular weight is 260 g/mol. The Morgan fingerprint density at radius 3 is 2.36 bits per heavy atom. The summed E-state index contributed by atoms with van der Waals surface area (Å²) in [6.07, 6.45) is 2.37. The first kappa shape index (κ1) is 9.04. The second kappa shape index (κ2) is 4.75. The van der Waals surface area contributed by atoms with Gasteiger partial charge in [-0.05, 0) is 24.0 Å². The van der Waals surface area contributed by atoms with E-state index in [1.807, 2.05) is 0 Å². The summed E-state index contributed by atoms with van der Waals surface area (Å²) in [6, 6.07) is 8.70. The highest BCUT2D eigenvalue weighted by Gasteiger charge is 1.96. The maximum atomic E-state index is 2.42. The van der Waals surface area contributed by atoms with Crippen LogP contribution in [0.3, 0.4) is 0 Å². The van der Waals surface area contributed by atoms with Crippen molar-refractivity contribution >= 4 is 22.6 Å². The van der Waals surface area contributed by atoms with Gasteiger partial charge in [-0.1, -0.05) is 53.8 Å². The van der Waals surface area contributed by atoms with Gasteiger partial charge < -0.3 is 0 Å². The van der Waals surface area contributed by atoms with Crippen molar-refractivity contribution in [2.24, 2.45) is 0 Å². The number of rotatable bonds is 3. The maximum Gasteiger partial charge on any atom is 0.00359 e. The van der Waals surface area contributed by atoms with Gasteiger partial charge >= 0.3 is 0 Å². The predicted molar refractivity (Wildman–Crippen MR) is 58.4 cm³/mol. The molecule has 1 aromatic rings. The molecule has 0 unspecified atom stereocenters. The van der Waals surface area contributed by atoms with Gasteiger partial charge in [-0.2, -0.15) is 0 Å². The molecule has 11 heavy (non-hydrogen) atoms. The second-order valence-corrected chi connectivity index (χ2v) is 3.64. The zero-order chi connectivity index (χ0) is 8.10. The smallest absolute Gasteiger partial charge is 0.00359 e. The van der Waals surface area contributed by atoms with Crippen LogP contribution in [0.4, 0.5) is 0 Å². The molecule has 1 heteroatoms. The average Bonchev–Trinajstić information content (AvgIpc) is 2.06. The molecule has 0 atom stereocenters. The number of alkyl halides is 1. The van der Waals surface area contributed by atoms with E-state index < -0.39 is 0 Å². The van der Waals surface area contributed by atoms with Gasteiger partial charge in [-0.25, -0.2) is 0 Å². The summed E-state index contributed by atoms with van der Waals surface area (Å²) in [5.41, 5.74) is 3.02. The van der Waals surface area contributed by atoms with E-state index in [1.54, 1.807) is 0 Å². The summed E-state index contributed by atoms with van der Waals surface area (Å²) in [5, 5.41) is 0. The van der Waals surface area contributed by atoms with Crippen LogP contribution in [0.15, 0.2) is 24.3 Å². The van der Waals surface area contributed by atoms with Crippen LogP contribution in [-0.2, 0) is 12.8 Å². The molecule has 0 radical (unpaired) electrons. The Hall–Kier alpha value is -0.0500. The van der Waals surface area contributed by atoms with Crippen molar-refractivity contribution in [1.82, 2.24) is 0 Å². The molecular formula is C10H13I. The molecular weight excluding hydrogens is 247 g/mol. The molecule has 0 heterocycles. The third-order valence-electron chi connectivity index (χ3n) is 1.86. The molecule has 0 aliphatic rings. The SMILES string of the molecule is CCc1ccccc1CCI. The largest absolute Gasteiger partial charge is 0.0860 e. The molecule has 0 saturated heterocycles. The molecule has 0 N–H and O–H groups in total. The van der Waals surface area contributed by atoms with Crippen LogP contribution in [0.1, 0.15) is 18.1 Å². The van der Waals surface area contributed by atoms with Crippen molar-refractivity contribution in [3.8, 4) is 0 Å². The Morgan fingerprint density at radius 1 is 1.18 bits per heavy atom. The first-order chi connectivity index (χ1) is 5.38. The Labute approximate surface area is 82.2 Å². The van der Waals surface area contributed by atoms with Crippen LogP contribution >= 0.6 is 22.6 Å². The van der Waals surface area contributed by atoms with Gasteiger partial charge in [-0.3, -0.25) is 0 Å². The van der Waals surface area contributed by atoms with E-state index in [0.29, 0.717) is 0 Å². The molecule has 0 aliphatic heterocycles. The number of halogens is 1. The van der Waals surface area contributed by atoms with Gasteiger partial charge in [0, 0.05) is 4.43 Å². The summed E-state index contributed by atoms with van der Waals surface area (Å²) in [7, 11) is 0. The van der Waals surface area contributed by atoms with Crippen LogP contribution in [-0.4, -0.2) is 4.43 Å². The third kappa shape index (κ3) is 2.47. The Balaban J connectivity index is 2.83. The second-order valence-electron chi connectivity index (χ2n) is 2.56. The fourth-order valence-electron chi connectivity index (χ4n) is 1.25. The summed E-state index contributed by atoms with van der Waals surface area (Å²) >= 11 is 2.42. The van der Waals surface area contributed by atoms with Crippen LogP contribution in [0.5, 0.6) is 0 Å². The lowest BCUT2D eigenvalue weighted by atomic mass is 10.0. The first-order valence-corrected chi connectivity index (χ1v) is 5.53. The summed E-state index contributed by atoms with van der Waals surface area (Å²) in [6.45, 7) is 2.21. The van der Waals surface area contributed by atoms with Crippen LogP contribution < -0.4 is 0 Å². The summed E-state index contributed by atoms with van der Waals surface area (Å²) in [5.74, 6) is 0. The first-order valence-electron chi connectivity index (χ1n) is 4.01. The fourth-order valence-corrected chi connectivity index (χ4v) is 1.83. The van der Waals surface area contributed by atoms with E-state index in [0.717, 1.165) is 6.42 Å². The highest BCUT2D eigenvalue weighted by Crippen LogP contribution is 2.10. The van der Waals surface area contributed by atoms with E-state index in [2.05, 4.69) is 53.8 Å². The molecule has 0 bridgehead atoms. The highest BCUT2D eigenvalue weighted by molar-refractivity contribution is 14.1. The lowest BCUT2D eigenvalue weighted by molar-refractivity contribution is 1.05. The molecule has 0 spiro atoms. The van der Waals surface area contributed by atoms with Crippen LogP contribution in [0.2, 0.25) is 0 Å². The molecule has 0 aliphatic carbocycles. The number of benzene rings is 1. The van der Waals surface area contributed by atoms with Gasteiger partial charge in [0.25, 0.3) is 0 Å². The number of aryl methyl sites for hydroxylation is 2. The lowest BCUT2D eigenvalue weighted by Gasteiger charge is -2.04. The van der Waals surface area contributed by atoms with Gasteiger partial charge in [-0.15, -0.1) is 0 Å². The molecule has 60 valence electrons. The van der Waals surface area contributed by atoms with Crippen molar-refractivity contribution < 1.29 is 0 Å². The standard InChI is InChI=1S/C10H13I/c1-2-9-5-3-4-6-10(9)7-8-11/h3-6H,2,7-8H2,1H3. The minimum absolute atomic E-state index is 1.16. The van der Waals surface area contributed by atoms with Crippen molar-refractivity contribution in [2.45, 2.75) is 19.8 Å². The van der Waals surface area contributed by atoms with Gasteiger partial charge in [0.05, 0.1) is 0 Å². The summed E-state index contributed by atoms with van der Waals surface area (Å²) < 4.78 is 1.22. The number of hydrogen-bond donors (Lipinski definition) is 0. The molecule has 1 aromatic carbocycles. The van der Waals surface area contributed by atoms with Crippen LogP contribution in [0.25, 0.3) is 0 Å². The molecule has 0 fully saturated rings. The number of hydrogen-bond acceptors (Lipinski definition) is 0. The van der Waals surface area contributed by atoms with Gasteiger partial charge in [0.2, 0.25) is 0 Å². The minimum Gasteiger partial charge on any atom is -0.0860 e. The zero-order valence-corrected chi connectivity index (χ0v) is 8.97. The van der Waals surface area contributed by atoms with Crippen LogP contribution in [0, 0.1) is 0 Å². The van der Waals surface area contributed by atoms with Crippen molar-refractivity contribution in [1.29, 1.82) is 0 Å². The summed E-state index contributed by atoms with van der Waals surface area (Å²) in [4.78, 5) is 0. The lowest BCUT2D eigenvalue weighted by Crippen LogP contribution is -1.92. The third-order valence-corrected chi connectivity index (χ3v) is 2.40. The Morgan fingerprint density at radius 2 is 1.82 bits per heavy atom. The van der Waals surface area contributed by atoms with Gasteiger partial charge in [0.15, 0.2) is 0 Å². The minimum atomic E-state index is 1.16. The van der Waals surface area contributed by atoms with E-state index >= 15 is 0 Å². The molecule has 0 saturated carbocycles. The van der Waals surface area contributed by atoms with E-state index in [9.17, 15) is 0 Å². The van der Waals surface area contributed by atoms with E-state index in [-0.39, 0.29) is 0 Å². The Kier molecular flexibility index (Phi) is 3.91. The molecule has 0 amide bonds. The quantitative estimate of drug-likeness (QED) is 0.578. The van der Waals surface area contributed by atoms with Gasteiger partial charge in [0.1, 0.15) is 0 Å². The van der Waals surface area contributed by atoms with Crippen molar-refractivity contribution in [3.63, 3.8) is 0 Å². The molecule has 1 rings (SSSR count). The monoisotopic (exact) mass is 260 g/mol. The van der Waals surface area contributed by atoms with E-state index in [4.69, 9.17) is 0 Å². The normalized spacial score (nSPS) is 10.0. The molecule has 0 nitrogen and oxygen atoms in total. The fraction of sp³-hybridized carbons (Fsp3) is 0.400. The predicted octanol–water partition coefficient (Wildman–Crippen LogP) is 3.23. The topological polar surface area (TPSA) is 0 Å². The van der Waals surface area contributed by atoms with Crippen molar-refractivity contribution in [3.05, 3.63) is 35.4 Å². The molecule has 0 aromatic heterocycles. The maximum absolute atomic E-state index is 2.42.